The Labute approximate surface area is 117 Å². The van der Waals surface area contributed by atoms with Crippen molar-refractivity contribution in [2.75, 3.05) is 0 Å². The van der Waals surface area contributed by atoms with E-state index >= 15 is 0 Å². The number of aromatic carboxylic acids is 1. The van der Waals surface area contributed by atoms with Gasteiger partial charge in [0.1, 0.15) is 17.3 Å². The Kier molecular flexibility index (Phi) is 3.85. The zero-order valence-electron chi connectivity index (χ0n) is 9.98. The second-order valence-corrected chi connectivity index (χ2v) is 4.82. The SMILES string of the molecule is Cc1ccc(C(=O)O)cc1Oc1ccc(F)cc1Br. The molecule has 2 rings (SSSR count). The minimum atomic E-state index is -1.02. The summed E-state index contributed by atoms with van der Waals surface area (Å²) in [4.78, 5) is 10.9. The maximum absolute atomic E-state index is 13.0. The summed E-state index contributed by atoms with van der Waals surface area (Å²) < 4.78 is 19.0. The summed E-state index contributed by atoms with van der Waals surface area (Å²) in [6.07, 6.45) is 0. The second-order valence-electron chi connectivity index (χ2n) is 3.96. The van der Waals surface area contributed by atoms with Gasteiger partial charge in [0.25, 0.3) is 0 Å². The number of rotatable bonds is 3. The molecule has 0 heterocycles. The number of hydrogen-bond acceptors (Lipinski definition) is 2. The molecule has 0 saturated heterocycles. The van der Waals surface area contributed by atoms with E-state index in [1.54, 1.807) is 13.0 Å². The van der Waals surface area contributed by atoms with Crippen LogP contribution >= 0.6 is 15.9 Å². The van der Waals surface area contributed by atoms with Gasteiger partial charge in [-0.2, -0.15) is 0 Å². The third-order valence-corrected chi connectivity index (χ3v) is 3.17. The summed E-state index contributed by atoms with van der Waals surface area (Å²) in [7, 11) is 0. The van der Waals surface area contributed by atoms with Crippen LogP contribution in [0.3, 0.4) is 0 Å². The molecular formula is C14H10BrFO3. The highest BCUT2D eigenvalue weighted by Crippen LogP contribution is 2.32. The van der Waals surface area contributed by atoms with Gasteiger partial charge in [-0.05, 0) is 58.7 Å². The standard InChI is InChI=1S/C14H10BrFO3/c1-8-2-3-9(14(17)18)6-13(8)19-12-5-4-10(16)7-11(12)15/h2-7H,1H3,(H,17,18). The van der Waals surface area contributed by atoms with Gasteiger partial charge in [-0.25, -0.2) is 9.18 Å². The average molecular weight is 325 g/mol. The number of hydrogen-bond donors (Lipinski definition) is 1. The molecular weight excluding hydrogens is 315 g/mol. The van der Waals surface area contributed by atoms with Crippen LogP contribution in [0.2, 0.25) is 0 Å². The Hall–Kier alpha value is -1.88. The second kappa shape index (κ2) is 5.40. The van der Waals surface area contributed by atoms with Gasteiger partial charge < -0.3 is 9.84 Å². The summed E-state index contributed by atoms with van der Waals surface area (Å²) >= 11 is 3.20. The summed E-state index contributed by atoms with van der Waals surface area (Å²) in [6, 6.07) is 8.64. The van der Waals surface area contributed by atoms with Crippen LogP contribution in [0.15, 0.2) is 40.9 Å². The van der Waals surface area contributed by atoms with E-state index in [0.717, 1.165) is 5.56 Å². The largest absolute Gasteiger partial charge is 0.478 e. The van der Waals surface area contributed by atoms with Crippen LogP contribution in [0.5, 0.6) is 11.5 Å². The third-order valence-electron chi connectivity index (χ3n) is 2.55. The molecule has 0 aromatic heterocycles. The Morgan fingerprint density at radius 3 is 2.58 bits per heavy atom. The maximum atomic E-state index is 13.0. The number of benzene rings is 2. The molecule has 19 heavy (non-hydrogen) atoms. The molecule has 0 atom stereocenters. The predicted molar refractivity (Wildman–Crippen MR) is 72.3 cm³/mol. The van der Waals surface area contributed by atoms with Crippen LogP contribution < -0.4 is 4.74 Å². The molecule has 0 bridgehead atoms. The number of ether oxygens (including phenoxy) is 1. The van der Waals surface area contributed by atoms with E-state index in [1.807, 2.05) is 0 Å². The van der Waals surface area contributed by atoms with Crippen molar-refractivity contribution in [1.82, 2.24) is 0 Å². The highest BCUT2D eigenvalue weighted by molar-refractivity contribution is 9.10. The molecule has 0 unspecified atom stereocenters. The van der Waals surface area contributed by atoms with Crippen molar-refractivity contribution >= 4 is 21.9 Å². The van der Waals surface area contributed by atoms with Crippen molar-refractivity contribution < 1.29 is 19.0 Å². The van der Waals surface area contributed by atoms with E-state index in [9.17, 15) is 9.18 Å². The minimum Gasteiger partial charge on any atom is -0.478 e. The van der Waals surface area contributed by atoms with E-state index < -0.39 is 5.97 Å². The molecule has 98 valence electrons. The van der Waals surface area contributed by atoms with E-state index in [0.29, 0.717) is 16.0 Å². The molecule has 0 radical (unpaired) electrons. The molecule has 0 amide bonds. The Morgan fingerprint density at radius 2 is 1.95 bits per heavy atom. The molecule has 3 nitrogen and oxygen atoms in total. The van der Waals surface area contributed by atoms with Gasteiger partial charge in [-0.1, -0.05) is 6.07 Å². The smallest absolute Gasteiger partial charge is 0.335 e. The number of carboxylic acid groups (broad SMARTS) is 1. The summed E-state index contributed by atoms with van der Waals surface area (Å²) in [5, 5.41) is 8.94. The number of halogens is 2. The van der Waals surface area contributed by atoms with Crippen molar-refractivity contribution in [3.8, 4) is 11.5 Å². The summed E-state index contributed by atoms with van der Waals surface area (Å²) in [5.74, 6) is -0.558. The lowest BCUT2D eigenvalue weighted by Crippen LogP contribution is -1.98. The monoisotopic (exact) mass is 324 g/mol. The van der Waals surface area contributed by atoms with Gasteiger partial charge >= 0.3 is 5.97 Å². The molecule has 1 N–H and O–H groups in total. The maximum Gasteiger partial charge on any atom is 0.335 e. The van der Waals surface area contributed by atoms with Crippen LogP contribution in [-0.4, -0.2) is 11.1 Å². The van der Waals surface area contributed by atoms with E-state index in [2.05, 4.69) is 15.9 Å². The first-order valence-corrected chi connectivity index (χ1v) is 6.23. The lowest BCUT2D eigenvalue weighted by molar-refractivity contribution is 0.0696. The number of carboxylic acids is 1. The van der Waals surface area contributed by atoms with Crippen LogP contribution in [0.25, 0.3) is 0 Å². The van der Waals surface area contributed by atoms with Gasteiger partial charge in [-0.15, -0.1) is 0 Å². The number of aryl methyl sites for hydroxylation is 1. The fourth-order valence-corrected chi connectivity index (χ4v) is 1.95. The molecule has 0 aliphatic heterocycles. The van der Waals surface area contributed by atoms with Crippen LogP contribution in [0.1, 0.15) is 15.9 Å². The zero-order valence-corrected chi connectivity index (χ0v) is 11.6. The molecule has 0 fully saturated rings. The minimum absolute atomic E-state index is 0.138. The van der Waals surface area contributed by atoms with Gasteiger partial charge in [0.05, 0.1) is 10.0 Å². The Balaban J connectivity index is 2.37. The molecule has 5 heteroatoms. The van der Waals surface area contributed by atoms with Crippen molar-refractivity contribution in [1.29, 1.82) is 0 Å². The Morgan fingerprint density at radius 1 is 1.21 bits per heavy atom. The molecule has 0 aliphatic carbocycles. The van der Waals surface area contributed by atoms with E-state index in [4.69, 9.17) is 9.84 Å². The first kappa shape index (κ1) is 13.5. The summed E-state index contributed by atoms with van der Waals surface area (Å²) in [6.45, 7) is 1.80. The lowest BCUT2D eigenvalue weighted by Gasteiger charge is -2.11. The summed E-state index contributed by atoms with van der Waals surface area (Å²) in [5.41, 5.74) is 0.931. The zero-order chi connectivity index (χ0) is 14.0. The van der Waals surface area contributed by atoms with Crippen molar-refractivity contribution in [3.63, 3.8) is 0 Å². The quantitative estimate of drug-likeness (QED) is 0.910. The highest BCUT2D eigenvalue weighted by atomic mass is 79.9. The van der Waals surface area contributed by atoms with Gasteiger partial charge in [0.2, 0.25) is 0 Å². The first-order valence-electron chi connectivity index (χ1n) is 5.44. The van der Waals surface area contributed by atoms with Gasteiger partial charge in [0.15, 0.2) is 0 Å². The average Bonchev–Trinajstić information content (AvgIpc) is 2.34. The molecule has 0 spiro atoms. The topological polar surface area (TPSA) is 46.5 Å². The predicted octanol–water partition coefficient (Wildman–Crippen LogP) is 4.39. The van der Waals surface area contributed by atoms with Crippen molar-refractivity contribution in [3.05, 3.63) is 57.8 Å². The van der Waals surface area contributed by atoms with Crippen molar-refractivity contribution in [2.24, 2.45) is 0 Å². The first-order chi connectivity index (χ1) is 8.97. The number of carbonyl (C=O) groups is 1. The highest BCUT2D eigenvalue weighted by Gasteiger charge is 2.10. The fraction of sp³-hybridized carbons (Fsp3) is 0.0714. The van der Waals surface area contributed by atoms with Crippen LogP contribution in [0, 0.1) is 12.7 Å². The van der Waals surface area contributed by atoms with Crippen molar-refractivity contribution in [2.45, 2.75) is 6.92 Å². The molecule has 2 aromatic rings. The third kappa shape index (κ3) is 3.12. The van der Waals surface area contributed by atoms with Gasteiger partial charge in [-0.3, -0.25) is 0 Å². The van der Waals surface area contributed by atoms with E-state index in [1.165, 1.54) is 30.3 Å². The van der Waals surface area contributed by atoms with Gasteiger partial charge in [0, 0.05) is 0 Å². The van der Waals surface area contributed by atoms with Crippen LogP contribution in [-0.2, 0) is 0 Å². The van der Waals surface area contributed by atoms with E-state index in [-0.39, 0.29) is 11.4 Å². The molecule has 0 saturated carbocycles. The molecule has 2 aromatic carbocycles. The fourth-order valence-electron chi connectivity index (χ4n) is 1.52. The Bertz CT molecular complexity index is 641. The lowest BCUT2D eigenvalue weighted by atomic mass is 10.1. The van der Waals surface area contributed by atoms with Crippen LogP contribution in [0.4, 0.5) is 4.39 Å². The normalized spacial score (nSPS) is 10.3. The molecule has 0 aliphatic rings.